The molecule has 0 aliphatic rings. The Bertz CT molecular complexity index is 340. The number of ketones is 1. The van der Waals surface area contributed by atoms with Crippen LogP contribution in [0.15, 0.2) is 18.2 Å². The molecule has 1 unspecified atom stereocenters. The van der Waals surface area contributed by atoms with Gasteiger partial charge in [0.15, 0.2) is 0 Å². The third-order valence-corrected chi connectivity index (χ3v) is 2.58. The molecule has 3 heteroatoms. The fourth-order valence-electron chi connectivity index (χ4n) is 1.69. The van der Waals surface area contributed by atoms with Gasteiger partial charge >= 0.3 is 0 Å². The fourth-order valence-corrected chi connectivity index (χ4v) is 2.27. The van der Waals surface area contributed by atoms with Crippen LogP contribution >= 0.6 is 23.2 Å². The zero-order valence-corrected chi connectivity index (χ0v) is 10.4. The summed E-state index contributed by atoms with van der Waals surface area (Å²) in [5.74, 6) is 0.549. The average molecular weight is 245 g/mol. The largest absolute Gasteiger partial charge is 0.300 e. The van der Waals surface area contributed by atoms with Gasteiger partial charge in [0.25, 0.3) is 0 Å². The Balaban J connectivity index is 2.67. The molecule has 0 N–H and O–H groups in total. The van der Waals surface area contributed by atoms with E-state index in [-0.39, 0.29) is 5.78 Å². The summed E-state index contributed by atoms with van der Waals surface area (Å²) in [6, 6.07) is 5.50. The van der Waals surface area contributed by atoms with E-state index < -0.39 is 0 Å². The first-order valence-corrected chi connectivity index (χ1v) is 5.67. The number of carbonyl (C=O) groups excluding carboxylic acids is 1. The Hall–Kier alpha value is -0.530. The Kier molecular flexibility index (Phi) is 4.62. The van der Waals surface area contributed by atoms with Gasteiger partial charge in [-0.15, -0.1) is 0 Å². The van der Waals surface area contributed by atoms with Gasteiger partial charge in [-0.1, -0.05) is 30.1 Å². The zero-order chi connectivity index (χ0) is 11.4. The highest BCUT2D eigenvalue weighted by Gasteiger charge is 2.07. The van der Waals surface area contributed by atoms with Crippen molar-refractivity contribution in [2.75, 3.05) is 0 Å². The van der Waals surface area contributed by atoms with Gasteiger partial charge in [-0.25, -0.2) is 0 Å². The van der Waals surface area contributed by atoms with Crippen LogP contribution in [-0.2, 0) is 11.2 Å². The molecule has 1 aromatic rings. The molecular weight excluding hydrogens is 231 g/mol. The molecule has 0 saturated carbocycles. The van der Waals surface area contributed by atoms with Crippen LogP contribution < -0.4 is 0 Å². The van der Waals surface area contributed by atoms with Gasteiger partial charge in [0, 0.05) is 16.5 Å². The van der Waals surface area contributed by atoms with Gasteiger partial charge < -0.3 is 4.79 Å². The lowest BCUT2D eigenvalue weighted by molar-refractivity contribution is -0.117. The van der Waals surface area contributed by atoms with Crippen molar-refractivity contribution in [2.45, 2.75) is 26.7 Å². The molecule has 15 heavy (non-hydrogen) atoms. The average Bonchev–Trinajstić information content (AvgIpc) is 1.98. The number of rotatable bonds is 4. The molecule has 0 spiro atoms. The van der Waals surface area contributed by atoms with Crippen LogP contribution in [0.3, 0.4) is 0 Å². The van der Waals surface area contributed by atoms with Crippen LogP contribution in [-0.4, -0.2) is 5.78 Å². The smallest absolute Gasteiger partial charge is 0.130 e. The highest BCUT2D eigenvalue weighted by atomic mass is 35.5. The molecule has 0 radical (unpaired) electrons. The van der Waals surface area contributed by atoms with Crippen molar-refractivity contribution < 1.29 is 4.79 Å². The molecule has 0 aromatic heterocycles. The van der Waals surface area contributed by atoms with Crippen molar-refractivity contribution >= 4 is 29.0 Å². The van der Waals surface area contributed by atoms with Crippen LogP contribution in [0.4, 0.5) is 0 Å². The first kappa shape index (κ1) is 12.5. The van der Waals surface area contributed by atoms with Crippen molar-refractivity contribution in [1.29, 1.82) is 0 Å². The van der Waals surface area contributed by atoms with Crippen LogP contribution in [0.25, 0.3) is 0 Å². The van der Waals surface area contributed by atoms with Crippen molar-refractivity contribution in [2.24, 2.45) is 5.92 Å². The summed E-state index contributed by atoms with van der Waals surface area (Å²) < 4.78 is 0. The van der Waals surface area contributed by atoms with Gasteiger partial charge in [-0.2, -0.15) is 0 Å². The van der Waals surface area contributed by atoms with Crippen LogP contribution in [0.5, 0.6) is 0 Å². The van der Waals surface area contributed by atoms with E-state index in [1.54, 1.807) is 13.0 Å². The third-order valence-electron chi connectivity index (χ3n) is 2.14. The maximum atomic E-state index is 10.9. The van der Waals surface area contributed by atoms with E-state index in [2.05, 4.69) is 6.92 Å². The van der Waals surface area contributed by atoms with E-state index in [1.807, 2.05) is 12.1 Å². The number of halogens is 2. The molecule has 0 aliphatic carbocycles. The summed E-state index contributed by atoms with van der Waals surface area (Å²) >= 11 is 11.8. The molecule has 0 aliphatic heterocycles. The van der Waals surface area contributed by atoms with E-state index in [9.17, 15) is 4.79 Å². The molecule has 1 nitrogen and oxygen atoms in total. The van der Waals surface area contributed by atoms with Gasteiger partial charge in [0.2, 0.25) is 0 Å². The quantitative estimate of drug-likeness (QED) is 0.778. The van der Waals surface area contributed by atoms with E-state index in [0.29, 0.717) is 22.4 Å². The summed E-state index contributed by atoms with van der Waals surface area (Å²) in [5.41, 5.74) is 1.08. The monoisotopic (exact) mass is 244 g/mol. The van der Waals surface area contributed by atoms with Gasteiger partial charge in [-0.3, -0.25) is 0 Å². The second kappa shape index (κ2) is 5.53. The normalized spacial score (nSPS) is 12.5. The minimum Gasteiger partial charge on any atom is -0.300 e. The van der Waals surface area contributed by atoms with Crippen LogP contribution in [0.2, 0.25) is 10.0 Å². The summed E-state index contributed by atoms with van der Waals surface area (Å²) in [6.07, 6.45) is 1.43. The summed E-state index contributed by atoms with van der Waals surface area (Å²) in [6.45, 7) is 3.66. The minimum atomic E-state index is 0.218. The molecule has 0 heterocycles. The van der Waals surface area contributed by atoms with Crippen molar-refractivity contribution in [3.8, 4) is 0 Å². The van der Waals surface area contributed by atoms with E-state index >= 15 is 0 Å². The summed E-state index contributed by atoms with van der Waals surface area (Å²) in [4.78, 5) is 10.9. The molecule has 1 rings (SSSR count). The van der Waals surface area contributed by atoms with Crippen molar-refractivity contribution in [3.05, 3.63) is 33.8 Å². The highest BCUT2D eigenvalue weighted by Crippen LogP contribution is 2.21. The Morgan fingerprint density at radius 3 is 2.27 bits per heavy atom. The lowest BCUT2D eigenvalue weighted by atomic mass is 9.97. The molecule has 1 aromatic carbocycles. The highest BCUT2D eigenvalue weighted by molar-refractivity contribution is 6.34. The molecule has 1 atom stereocenters. The maximum absolute atomic E-state index is 10.9. The fraction of sp³-hybridized carbons (Fsp3) is 0.417. The number of benzene rings is 1. The number of hydrogen-bond acceptors (Lipinski definition) is 1. The SMILES string of the molecule is CC(=O)CC(C)Cc1cc(Cl)cc(Cl)c1. The molecule has 0 amide bonds. The van der Waals surface area contributed by atoms with E-state index in [4.69, 9.17) is 23.2 Å². The van der Waals surface area contributed by atoms with Crippen molar-refractivity contribution in [3.63, 3.8) is 0 Å². The summed E-state index contributed by atoms with van der Waals surface area (Å²) in [5, 5.41) is 1.29. The maximum Gasteiger partial charge on any atom is 0.130 e. The van der Waals surface area contributed by atoms with Crippen molar-refractivity contribution in [1.82, 2.24) is 0 Å². The van der Waals surface area contributed by atoms with Gasteiger partial charge in [-0.05, 0) is 43.0 Å². The second-order valence-electron chi connectivity index (χ2n) is 3.99. The second-order valence-corrected chi connectivity index (χ2v) is 4.87. The number of hydrogen-bond donors (Lipinski definition) is 0. The van der Waals surface area contributed by atoms with Crippen LogP contribution in [0.1, 0.15) is 25.8 Å². The number of Topliss-reactive ketones (excluding diaryl/α,β-unsaturated/α-hetero) is 1. The molecule has 0 fully saturated rings. The Labute approximate surface area is 100 Å². The van der Waals surface area contributed by atoms with Gasteiger partial charge in [0.1, 0.15) is 5.78 Å². The first-order valence-electron chi connectivity index (χ1n) is 4.92. The predicted octanol–water partition coefficient (Wildman–Crippen LogP) is 4.15. The molecule has 0 bridgehead atoms. The third kappa shape index (κ3) is 4.67. The van der Waals surface area contributed by atoms with Crippen LogP contribution in [0, 0.1) is 5.92 Å². The lowest BCUT2D eigenvalue weighted by Crippen LogP contribution is -2.05. The molecule has 82 valence electrons. The predicted molar refractivity (Wildman–Crippen MR) is 64.6 cm³/mol. The van der Waals surface area contributed by atoms with E-state index in [0.717, 1.165) is 12.0 Å². The summed E-state index contributed by atoms with van der Waals surface area (Å²) in [7, 11) is 0. The Morgan fingerprint density at radius 2 is 1.80 bits per heavy atom. The Morgan fingerprint density at radius 1 is 1.27 bits per heavy atom. The zero-order valence-electron chi connectivity index (χ0n) is 8.89. The standard InChI is InChI=1S/C12H14Cl2O/c1-8(3-9(2)15)4-10-5-11(13)7-12(14)6-10/h5-8H,3-4H2,1-2H3. The van der Waals surface area contributed by atoms with Gasteiger partial charge in [0.05, 0.1) is 0 Å². The lowest BCUT2D eigenvalue weighted by Gasteiger charge is -2.09. The molecular formula is C12H14Cl2O. The topological polar surface area (TPSA) is 17.1 Å². The number of carbonyl (C=O) groups is 1. The molecule has 0 saturated heterocycles. The minimum absolute atomic E-state index is 0.218. The van der Waals surface area contributed by atoms with E-state index in [1.165, 1.54) is 0 Å². The first-order chi connectivity index (χ1) is 6.97.